The molecular weight excluding hydrogens is 342 g/mol. The predicted molar refractivity (Wildman–Crippen MR) is 91.0 cm³/mol. The number of fused-ring (bicyclic) bond motifs is 3. The monoisotopic (exact) mass is 353 g/mol. The molecular formula is C18H11NO7. The highest BCUT2D eigenvalue weighted by Gasteiger charge is 2.25. The van der Waals surface area contributed by atoms with E-state index in [1.54, 1.807) is 12.1 Å². The number of nitrogens with one attached hydrogen (secondary N) is 1. The van der Waals surface area contributed by atoms with Crippen LogP contribution < -0.4 is 10.1 Å². The lowest BCUT2D eigenvalue weighted by atomic mass is 10.0. The molecule has 8 nitrogen and oxygen atoms in total. The molecule has 1 aliphatic rings. The smallest absolute Gasteiger partial charge is 0.337 e. The fraction of sp³-hybridized carbons (Fsp3) is 0. The fourth-order valence-corrected chi connectivity index (χ4v) is 2.86. The molecule has 3 aromatic rings. The number of aromatic carboxylic acids is 2. The Kier molecular flexibility index (Phi) is 3.16. The quantitative estimate of drug-likeness (QED) is 0.345. The van der Waals surface area contributed by atoms with Crippen LogP contribution in [0.2, 0.25) is 0 Å². The van der Waals surface area contributed by atoms with E-state index in [2.05, 4.69) is 5.32 Å². The molecule has 0 bridgehead atoms. The SMILES string of the molecule is O=C(O)c1cc2c(c(C(=O)O)c1)Nc1cc3cc(O)c(O)cc3cc1O2. The molecule has 0 aromatic heterocycles. The molecule has 26 heavy (non-hydrogen) atoms. The molecule has 8 heteroatoms. The predicted octanol–water partition coefficient (Wildman–Crippen LogP) is 3.50. The second kappa shape index (κ2) is 5.28. The van der Waals surface area contributed by atoms with Crippen molar-refractivity contribution < 1.29 is 34.8 Å². The van der Waals surface area contributed by atoms with Crippen molar-refractivity contribution in [2.75, 3.05) is 5.32 Å². The molecule has 3 aromatic carbocycles. The van der Waals surface area contributed by atoms with E-state index in [0.29, 0.717) is 22.2 Å². The molecule has 0 unspecified atom stereocenters. The average Bonchev–Trinajstić information content (AvgIpc) is 2.58. The van der Waals surface area contributed by atoms with E-state index in [-0.39, 0.29) is 34.1 Å². The minimum absolute atomic E-state index is 0.0668. The van der Waals surface area contributed by atoms with Gasteiger partial charge in [0.05, 0.1) is 22.5 Å². The Hall–Kier alpha value is -3.94. The van der Waals surface area contributed by atoms with Crippen molar-refractivity contribution in [3.8, 4) is 23.0 Å². The molecule has 1 heterocycles. The zero-order valence-corrected chi connectivity index (χ0v) is 13.0. The maximum atomic E-state index is 11.5. The fourth-order valence-electron chi connectivity index (χ4n) is 2.86. The first kappa shape index (κ1) is 15.6. The summed E-state index contributed by atoms with van der Waals surface area (Å²) in [6.45, 7) is 0. The van der Waals surface area contributed by atoms with Gasteiger partial charge in [0.1, 0.15) is 0 Å². The number of benzene rings is 3. The molecule has 0 atom stereocenters. The van der Waals surface area contributed by atoms with Crippen LogP contribution in [0.5, 0.6) is 23.0 Å². The Morgan fingerprint density at radius 2 is 1.46 bits per heavy atom. The third-order valence-corrected chi connectivity index (χ3v) is 4.09. The molecule has 4 rings (SSSR count). The van der Waals surface area contributed by atoms with Gasteiger partial charge >= 0.3 is 11.9 Å². The number of carbonyl (C=O) groups is 2. The summed E-state index contributed by atoms with van der Waals surface area (Å²) < 4.78 is 5.70. The number of phenols is 2. The second-order valence-electron chi connectivity index (χ2n) is 5.77. The second-order valence-corrected chi connectivity index (χ2v) is 5.77. The summed E-state index contributed by atoms with van der Waals surface area (Å²) in [7, 11) is 0. The van der Waals surface area contributed by atoms with E-state index in [9.17, 15) is 24.9 Å². The molecule has 0 aliphatic carbocycles. The molecule has 0 radical (unpaired) electrons. The van der Waals surface area contributed by atoms with Crippen LogP contribution in [0.15, 0.2) is 36.4 Å². The maximum Gasteiger partial charge on any atom is 0.337 e. The third kappa shape index (κ3) is 2.32. The Bertz CT molecular complexity index is 1120. The van der Waals surface area contributed by atoms with E-state index >= 15 is 0 Å². The minimum atomic E-state index is -1.30. The van der Waals surface area contributed by atoms with E-state index in [1.165, 1.54) is 18.2 Å². The lowest BCUT2D eigenvalue weighted by molar-refractivity contribution is 0.0696. The number of rotatable bonds is 2. The molecule has 0 spiro atoms. The standard InChI is InChI=1S/C18H11NO7/c20-12-3-7-2-11-14(5-8(7)4-13(12)21)26-15-6-9(17(22)23)1-10(18(24)25)16(15)19-11/h1-6,19-21H,(H,22,23)(H,24,25). The summed E-state index contributed by atoms with van der Waals surface area (Å²) in [5.74, 6) is -2.75. The van der Waals surface area contributed by atoms with Gasteiger partial charge in [0.2, 0.25) is 0 Å². The van der Waals surface area contributed by atoms with Gasteiger partial charge in [-0.25, -0.2) is 9.59 Å². The molecule has 0 fully saturated rings. The van der Waals surface area contributed by atoms with Crippen molar-refractivity contribution in [1.29, 1.82) is 0 Å². The minimum Gasteiger partial charge on any atom is -0.504 e. The highest BCUT2D eigenvalue weighted by atomic mass is 16.5. The average molecular weight is 353 g/mol. The lowest BCUT2D eigenvalue weighted by Gasteiger charge is -2.24. The van der Waals surface area contributed by atoms with Crippen molar-refractivity contribution in [1.82, 2.24) is 0 Å². The topological polar surface area (TPSA) is 136 Å². The number of ether oxygens (including phenoxy) is 1. The normalized spacial score (nSPS) is 11.8. The summed E-state index contributed by atoms with van der Waals surface area (Å²) in [6, 6.07) is 8.24. The highest BCUT2D eigenvalue weighted by Crippen LogP contribution is 2.46. The Labute approximate surface area is 145 Å². The molecule has 0 amide bonds. The Morgan fingerprint density at radius 1 is 0.808 bits per heavy atom. The number of phenolic OH excluding ortho intramolecular Hbond substituents is 2. The molecule has 0 saturated heterocycles. The van der Waals surface area contributed by atoms with Gasteiger partial charge in [0.25, 0.3) is 0 Å². The number of hydrogen-bond donors (Lipinski definition) is 5. The van der Waals surface area contributed by atoms with Gasteiger partial charge in [-0.2, -0.15) is 0 Å². The van der Waals surface area contributed by atoms with Gasteiger partial charge in [0.15, 0.2) is 23.0 Å². The Morgan fingerprint density at radius 3 is 2.08 bits per heavy atom. The van der Waals surface area contributed by atoms with E-state index < -0.39 is 11.9 Å². The van der Waals surface area contributed by atoms with Crippen LogP contribution in [0, 0.1) is 0 Å². The van der Waals surface area contributed by atoms with Crippen LogP contribution in [0.25, 0.3) is 10.8 Å². The van der Waals surface area contributed by atoms with Gasteiger partial charge < -0.3 is 30.5 Å². The van der Waals surface area contributed by atoms with Crippen molar-refractivity contribution in [2.45, 2.75) is 0 Å². The van der Waals surface area contributed by atoms with Crippen LogP contribution in [-0.4, -0.2) is 32.4 Å². The van der Waals surface area contributed by atoms with Gasteiger partial charge in [0, 0.05) is 0 Å². The first-order chi connectivity index (χ1) is 12.3. The van der Waals surface area contributed by atoms with Crippen molar-refractivity contribution in [2.24, 2.45) is 0 Å². The first-order valence-corrected chi connectivity index (χ1v) is 7.43. The van der Waals surface area contributed by atoms with Crippen molar-refractivity contribution in [3.63, 3.8) is 0 Å². The zero-order chi connectivity index (χ0) is 18.6. The van der Waals surface area contributed by atoms with E-state index in [4.69, 9.17) is 9.84 Å². The summed E-state index contributed by atoms with van der Waals surface area (Å²) in [5.41, 5.74) is 0.131. The maximum absolute atomic E-state index is 11.5. The van der Waals surface area contributed by atoms with E-state index in [1.807, 2.05) is 0 Å². The number of aromatic hydroxyl groups is 2. The van der Waals surface area contributed by atoms with Gasteiger partial charge in [-0.3, -0.25) is 0 Å². The summed E-state index contributed by atoms with van der Waals surface area (Å²) >= 11 is 0. The molecule has 1 aliphatic heterocycles. The van der Waals surface area contributed by atoms with Crippen LogP contribution in [-0.2, 0) is 0 Å². The zero-order valence-electron chi connectivity index (χ0n) is 13.0. The number of anilines is 2. The number of hydrogen-bond acceptors (Lipinski definition) is 6. The van der Waals surface area contributed by atoms with Gasteiger partial charge in [-0.15, -0.1) is 0 Å². The van der Waals surface area contributed by atoms with Crippen LogP contribution in [0.3, 0.4) is 0 Å². The first-order valence-electron chi connectivity index (χ1n) is 7.43. The number of carboxylic acid groups (broad SMARTS) is 2. The summed E-state index contributed by atoms with van der Waals surface area (Å²) in [5, 5.41) is 41.9. The van der Waals surface area contributed by atoms with Crippen LogP contribution in [0.4, 0.5) is 11.4 Å². The van der Waals surface area contributed by atoms with Gasteiger partial charge in [-0.1, -0.05) is 0 Å². The highest BCUT2D eigenvalue weighted by molar-refractivity contribution is 6.03. The largest absolute Gasteiger partial charge is 0.504 e. The van der Waals surface area contributed by atoms with Crippen LogP contribution >= 0.6 is 0 Å². The molecule has 5 N–H and O–H groups in total. The van der Waals surface area contributed by atoms with Crippen molar-refractivity contribution in [3.05, 3.63) is 47.5 Å². The van der Waals surface area contributed by atoms with Gasteiger partial charge in [-0.05, 0) is 47.2 Å². The third-order valence-electron chi connectivity index (χ3n) is 4.09. The molecule has 0 saturated carbocycles. The van der Waals surface area contributed by atoms with E-state index in [0.717, 1.165) is 6.07 Å². The van der Waals surface area contributed by atoms with Crippen LogP contribution in [0.1, 0.15) is 20.7 Å². The molecule has 130 valence electrons. The Balaban J connectivity index is 1.90. The van der Waals surface area contributed by atoms with Crippen molar-refractivity contribution >= 4 is 34.1 Å². The number of carboxylic acids is 2. The summed E-state index contributed by atoms with van der Waals surface area (Å²) in [6.07, 6.45) is 0. The summed E-state index contributed by atoms with van der Waals surface area (Å²) in [4.78, 5) is 22.7. The lowest BCUT2D eigenvalue weighted by Crippen LogP contribution is -2.11.